The maximum absolute atomic E-state index is 11.5. The van der Waals surface area contributed by atoms with E-state index in [1.54, 1.807) is 7.11 Å². The summed E-state index contributed by atoms with van der Waals surface area (Å²) in [5.41, 5.74) is 2.24. The molecule has 1 amide bonds. The van der Waals surface area contributed by atoms with E-state index in [-0.39, 0.29) is 12.5 Å². The number of ether oxygens (including phenoxy) is 1. The highest BCUT2D eigenvalue weighted by Crippen LogP contribution is 2.18. The molecule has 1 aromatic rings. The molecule has 0 fully saturated rings. The number of hydrogen-bond acceptors (Lipinski definition) is 3. The average Bonchev–Trinajstić information content (AvgIpc) is 2.37. The molecule has 4 heteroatoms. The summed E-state index contributed by atoms with van der Waals surface area (Å²) in [6, 6.07) is 8.14. The van der Waals surface area contributed by atoms with Crippen molar-refractivity contribution in [2.24, 2.45) is 0 Å². The lowest BCUT2D eigenvalue weighted by Crippen LogP contribution is -2.32. The first-order chi connectivity index (χ1) is 8.63. The van der Waals surface area contributed by atoms with Crippen molar-refractivity contribution >= 4 is 11.6 Å². The summed E-state index contributed by atoms with van der Waals surface area (Å²) in [5, 5.41) is 5.88. The minimum absolute atomic E-state index is 0.0259. The van der Waals surface area contributed by atoms with E-state index in [4.69, 9.17) is 4.74 Å². The molecule has 0 heterocycles. The molecule has 0 unspecified atom stereocenters. The van der Waals surface area contributed by atoms with Gasteiger partial charge >= 0.3 is 0 Å². The van der Waals surface area contributed by atoms with E-state index in [1.165, 1.54) is 5.56 Å². The Kier molecular flexibility index (Phi) is 6.22. The Morgan fingerprint density at radius 2 is 2.17 bits per heavy atom. The van der Waals surface area contributed by atoms with E-state index >= 15 is 0 Å². The predicted octanol–water partition coefficient (Wildman–Crippen LogP) is 1.98. The number of methoxy groups -OCH3 is 1. The number of anilines is 1. The predicted molar refractivity (Wildman–Crippen MR) is 73.9 cm³/mol. The Balaban J connectivity index is 2.38. The van der Waals surface area contributed by atoms with Crippen LogP contribution in [-0.2, 0) is 9.53 Å². The number of hydrogen-bond donors (Lipinski definition) is 2. The number of amides is 1. The maximum atomic E-state index is 11.5. The fraction of sp³-hybridized carbons (Fsp3) is 0.500. The largest absolute Gasteiger partial charge is 0.383 e. The molecule has 0 saturated heterocycles. The van der Waals surface area contributed by atoms with Gasteiger partial charge in [0.25, 0.3) is 0 Å². The second-order valence-corrected chi connectivity index (χ2v) is 4.48. The molecule has 1 rings (SSSR count). The summed E-state index contributed by atoms with van der Waals surface area (Å²) < 4.78 is 4.86. The Morgan fingerprint density at radius 3 is 2.83 bits per heavy atom. The van der Waals surface area contributed by atoms with Crippen LogP contribution < -0.4 is 10.6 Å². The molecule has 0 bridgehead atoms. The van der Waals surface area contributed by atoms with Gasteiger partial charge in [0.2, 0.25) is 5.91 Å². The number of nitrogens with one attached hydrogen (secondary N) is 2. The lowest BCUT2D eigenvalue weighted by Gasteiger charge is -2.10. The van der Waals surface area contributed by atoms with E-state index < -0.39 is 0 Å². The van der Waals surface area contributed by atoms with Crippen molar-refractivity contribution in [3.05, 3.63) is 29.8 Å². The van der Waals surface area contributed by atoms with Gasteiger partial charge in [-0.3, -0.25) is 4.79 Å². The minimum Gasteiger partial charge on any atom is -0.383 e. The molecule has 0 atom stereocenters. The van der Waals surface area contributed by atoms with Crippen LogP contribution in [0.4, 0.5) is 5.69 Å². The Morgan fingerprint density at radius 1 is 1.39 bits per heavy atom. The maximum Gasteiger partial charge on any atom is 0.239 e. The van der Waals surface area contributed by atoms with Crippen LogP contribution in [-0.4, -0.2) is 32.7 Å². The molecule has 0 radical (unpaired) electrons. The van der Waals surface area contributed by atoms with Gasteiger partial charge in [-0.15, -0.1) is 0 Å². The third-order valence-electron chi connectivity index (χ3n) is 2.63. The highest BCUT2D eigenvalue weighted by atomic mass is 16.5. The van der Waals surface area contributed by atoms with E-state index in [0.29, 0.717) is 19.1 Å². The molecular formula is C14H22N2O2. The smallest absolute Gasteiger partial charge is 0.239 e. The molecule has 0 aliphatic rings. The van der Waals surface area contributed by atoms with Crippen molar-refractivity contribution in [2.45, 2.75) is 19.8 Å². The van der Waals surface area contributed by atoms with Crippen molar-refractivity contribution in [1.29, 1.82) is 0 Å². The zero-order valence-electron chi connectivity index (χ0n) is 11.3. The van der Waals surface area contributed by atoms with Crippen molar-refractivity contribution in [1.82, 2.24) is 5.32 Å². The molecule has 0 aliphatic heterocycles. The van der Waals surface area contributed by atoms with Gasteiger partial charge in [0.05, 0.1) is 13.2 Å². The van der Waals surface area contributed by atoms with Gasteiger partial charge in [-0.05, 0) is 23.6 Å². The summed E-state index contributed by atoms with van der Waals surface area (Å²) in [6.07, 6.45) is 0. The topological polar surface area (TPSA) is 50.4 Å². The van der Waals surface area contributed by atoms with Crippen LogP contribution in [0.5, 0.6) is 0 Å². The third-order valence-corrected chi connectivity index (χ3v) is 2.63. The average molecular weight is 250 g/mol. The summed E-state index contributed by atoms with van der Waals surface area (Å²) in [4.78, 5) is 11.5. The van der Waals surface area contributed by atoms with Crippen LogP contribution in [0.1, 0.15) is 25.3 Å². The monoisotopic (exact) mass is 250 g/mol. The molecule has 4 nitrogen and oxygen atoms in total. The minimum atomic E-state index is -0.0259. The van der Waals surface area contributed by atoms with Crippen LogP contribution in [0.3, 0.4) is 0 Å². The molecular weight excluding hydrogens is 228 g/mol. The third kappa shape index (κ3) is 5.19. The normalized spacial score (nSPS) is 10.4. The van der Waals surface area contributed by atoms with Crippen LogP contribution in [0.2, 0.25) is 0 Å². The van der Waals surface area contributed by atoms with Crippen LogP contribution in [0.15, 0.2) is 24.3 Å². The van der Waals surface area contributed by atoms with Gasteiger partial charge in [-0.1, -0.05) is 26.0 Å². The first-order valence-electron chi connectivity index (χ1n) is 6.23. The van der Waals surface area contributed by atoms with Gasteiger partial charge in [0, 0.05) is 19.3 Å². The van der Waals surface area contributed by atoms with Crippen molar-refractivity contribution in [2.75, 3.05) is 32.1 Å². The fourth-order valence-corrected chi connectivity index (χ4v) is 1.55. The molecule has 0 saturated carbocycles. The SMILES string of the molecule is COCCNC(=O)CNc1cccc(C(C)C)c1. The number of carbonyl (C=O) groups excluding carboxylic acids is 1. The number of carbonyl (C=O) groups is 1. The first-order valence-corrected chi connectivity index (χ1v) is 6.23. The molecule has 1 aromatic carbocycles. The zero-order chi connectivity index (χ0) is 13.4. The van der Waals surface area contributed by atoms with Gasteiger partial charge in [-0.2, -0.15) is 0 Å². The van der Waals surface area contributed by atoms with Crippen LogP contribution in [0.25, 0.3) is 0 Å². The lowest BCUT2D eigenvalue weighted by atomic mass is 10.0. The second kappa shape index (κ2) is 7.71. The molecule has 2 N–H and O–H groups in total. The standard InChI is InChI=1S/C14H22N2O2/c1-11(2)12-5-4-6-13(9-12)16-10-14(17)15-7-8-18-3/h4-6,9,11,16H,7-8,10H2,1-3H3,(H,15,17). The van der Waals surface area contributed by atoms with E-state index in [1.807, 2.05) is 12.1 Å². The molecule has 100 valence electrons. The van der Waals surface area contributed by atoms with Crippen LogP contribution in [0, 0.1) is 0 Å². The first kappa shape index (κ1) is 14.5. The van der Waals surface area contributed by atoms with Crippen LogP contribution >= 0.6 is 0 Å². The fourth-order valence-electron chi connectivity index (χ4n) is 1.55. The molecule has 0 aromatic heterocycles. The molecule has 18 heavy (non-hydrogen) atoms. The molecule has 0 aliphatic carbocycles. The second-order valence-electron chi connectivity index (χ2n) is 4.48. The van der Waals surface area contributed by atoms with Crippen molar-refractivity contribution in [3.8, 4) is 0 Å². The highest BCUT2D eigenvalue weighted by molar-refractivity contribution is 5.80. The van der Waals surface area contributed by atoms with E-state index in [9.17, 15) is 4.79 Å². The Labute approximate surface area is 109 Å². The Bertz CT molecular complexity index is 378. The summed E-state index contributed by atoms with van der Waals surface area (Å²) in [5.74, 6) is 0.462. The van der Waals surface area contributed by atoms with Gasteiger partial charge < -0.3 is 15.4 Å². The van der Waals surface area contributed by atoms with Crippen molar-refractivity contribution in [3.63, 3.8) is 0 Å². The molecule has 0 spiro atoms. The lowest BCUT2D eigenvalue weighted by molar-refractivity contribution is -0.119. The van der Waals surface area contributed by atoms with Gasteiger partial charge in [0.1, 0.15) is 0 Å². The van der Waals surface area contributed by atoms with E-state index in [2.05, 4.69) is 36.6 Å². The van der Waals surface area contributed by atoms with E-state index in [0.717, 1.165) is 5.69 Å². The summed E-state index contributed by atoms with van der Waals surface area (Å²) in [7, 11) is 1.61. The number of rotatable bonds is 7. The van der Waals surface area contributed by atoms with Gasteiger partial charge in [0.15, 0.2) is 0 Å². The van der Waals surface area contributed by atoms with Gasteiger partial charge in [-0.25, -0.2) is 0 Å². The summed E-state index contributed by atoms with van der Waals surface area (Å²) >= 11 is 0. The highest BCUT2D eigenvalue weighted by Gasteiger charge is 2.02. The zero-order valence-corrected chi connectivity index (χ0v) is 11.3. The van der Waals surface area contributed by atoms with Crippen molar-refractivity contribution < 1.29 is 9.53 Å². The number of benzene rings is 1. The Hall–Kier alpha value is -1.55. The summed E-state index contributed by atoms with van der Waals surface area (Å²) in [6.45, 7) is 5.66. The quantitative estimate of drug-likeness (QED) is 0.728.